The van der Waals surface area contributed by atoms with Crippen LogP contribution in [-0.4, -0.2) is 22.8 Å². The first-order valence-electron chi connectivity index (χ1n) is 6.70. The van der Waals surface area contributed by atoms with Crippen molar-refractivity contribution in [3.05, 3.63) is 46.5 Å². The molecule has 4 heteroatoms. The molecule has 1 aromatic heterocycles. The second-order valence-corrected chi connectivity index (χ2v) is 5.09. The number of aromatic nitrogens is 2. The van der Waals surface area contributed by atoms with Crippen LogP contribution in [0.15, 0.2) is 35.3 Å². The minimum Gasteiger partial charge on any atom is -0.381 e. The predicted molar refractivity (Wildman–Crippen MR) is 74.3 cm³/mol. The van der Waals surface area contributed by atoms with E-state index in [1.807, 2.05) is 22.9 Å². The van der Waals surface area contributed by atoms with E-state index in [2.05, 4.69) is 24.0 Å². The maximum absolute atomic E-state index is 12.1. The average Bonchev–Trinajstić information content (AvgIpc) is 2.82. The van der Waals surface area contributed by atoms with E-state index in [1.54, 1.807) is 0 Å². The van der Waals surface area contributed by atoms with Crippen LogP contribution >= 0.6 is 0 Å². The molecular weight excluding hydrogens is 240 g/mol. The van der Waals surface area contributed by atoms with E-state index in [0.29, 0.717) is 0 Å². The highest BCUT2D eigenvalue weighted by Gasteiger charge is 2.18. The summed E-state index contributed by atoms with van der Waals surface area (Å²) in [5.74, 6) is 0. The van der Waals surface area contributed by atoms with E-state index in [4.69, 9.17) is 4.74 Å². The summed E-state index contributed by atoms with van der Waals surface area (Å²) in [6.45, 7) is 3.53. The Balaban J connectivity index is 1.94. The van der Waals surface area contributed by atoms with Gasteiger partial charge in [0.25, 0.3) is 0 Å². The lowest BCUT2D eigenvalue weighted by Gasteiger charge is -2.22. The van der Waals surface area contributed by atoms with Crippen LogP contribution in [0, 0.1) is 6.92 Å². The molecule has 1 N–H and O–H groups in total. The molecule has 0 amide bonds. The summed E-state index contributed by atoms with van der Waals surface area (Å²) < 4.78 is 7.16. The summed E-state index contributed by atoms with van der Waals surface area (Å²) >= 11 is 0. The number of nitrogens with one attached hydrogen (secondary N) is 1. The molecule has 19 heavy (non-hydrogen) atoms. The van der Waals surface area contributed by atoms with E-state index >= 15 is 0 Å². The van der Waals surface area contributed by atoms with Crippen molar-refractivity contribution in [2.45, 2.75) is 25.8 Å². The smallest absolute Gasteiger partial charge is 0.326 e. The Hall–Kier alpha value is -1.81. The summed E-state index contributed by atoms with van der Waals surface area (Å²) in [4.78, 5) is 15.0. The fourth-order valence-corrected chi connectivity index (χ4v) is 2.60. The number of H-pyrrole nitrogens is 1. The van der Waals surface area contributed by atoms with Gasteiger partial charge in [-0.1, -0.05) is 23.8 Å². The normalized spacial score (nSPS) is 16.7. The second-order valence-electron chi connectivity index (χ2n) is 5.09. The highest BCUT2D eigenvalue weighted by Crippen LogP contribution is 2.22. The largest absolute Gasteiger partial charge is 0.381 e. The predicted octanol–water partition coefficient (Wildman–Crippen LogP) is 2.50. The first kappa shape index (κ1) is 12.2. The number of aryl methyl sites for hydroxylation is 1. The van der Waals surface area contributed by atoms with Crippen LogP contribution in [0.5, 0.6) is 0 Å². The minimum absolute atomic E-state index is 0.0246. The van der Waals surface area contributed by atoms with Crippen LogP contribution in [-0.2, 0) is 4.74 Å². The Labute approximate surface area is 112 Å². The van der Waals surface area contributed by atoms with Crippen LogP contribution in [0.3, 0.4) is 0 Å². The highest BCUT2D eigenvalue weighted by molar-refractivity contribution is 5.59. The molecule has 0 unspecified atom stereocenters. The number of rotatable bonds is 2. The van der Waals surface area contributed by atoms with Gasteiger partial charge in [-0.25, -0.2) is 4.79 Å². The van der Waals surface area contributed by atoms with E-state index < -0.39 is 0 Å². The van der Waals surface area contributed by atoms with Gasteiger partial charge in [0.05, 0.1) is 5.69 Å². The third-order valence-electron chi connectivity index (χ3n) is 3.66. The van der Waals surface area contributed by atoms with Gasteiger partial charge in [-0.15, -0.1) is 0 Å². The molecule has 0 saturated carbocycles. The summed E-state index contributed by atoms with van der Waals surface area (Å²) in [5.41, 5.74) is 3.11. The fourth-order valence-electron chi connectivity index (χ4n) is 2.60. The Morgan fingerprint density at radius 2 is 2.11 bits per heavy atom. The van der Waals surface area contributed by atoms with Crippen molar-refractivity contribution < 1.29 is 4.74 Å². The van der Waals surface area contributed by atoms with Gasteiger partial charge in [-0.2, -0.15) is 0 Å². The number of nitrogens with zero attached hydrogens (tertiary/aromatic N) is 1. The van der Waals surface area contributed by atoms with Gasteiger partial charge >= 0.3 is 5.69 Å². The topological polar surface area (TPSA) is 47.0 Å². The Morgan fingerprint density at radius 3 is 2.84 bits per heavy atom. The molecule has 3 rings (SSSR count). The van der Waals surface area contributed by atoms with Gasteiger partial charge in [0, 0.05) is 25.5 Å². The summed E-state index contributed by atoms with van der Waals surface area (Å²) in [7, 11) is 0. The average molecular weight is 258 g/mol. The molecule has 2 aromatic rings. The number of aromatic amines is 1. The summed E-state index contributed by atoms with van der Waals surface area (Å²) in [6.07, 6.45) is 3.75. The van der Waals surface area contributed by atoms with E-state index in [-0.39, 0.29) is 11.7 Å². The molecule has 1 saturated heterocycles. The number of ether oxygens (including phenoxy) is 1. The van der Waals surface area contributed by atoms with Crippen LogP contribution in [0.25, 0.3) is 11.3 Å². The Kier molecular flexibility index (Phi) is 3.25. The quantitative estimate of drug-likeness (QED) is 0.899. The van der Waals surface area contributed by atoms with E-state index in [9.17, 15) is 4.79 Å². The molecule has 0 spiro atoms. The SMILES string of the molecule is Cc1cccc(-c2cn(C3CCOCC3)c(=O)[nH]2)c1. The van der Waals surface area contributed by atoms with Gasteiger partial charge in [0.2, 0.25) is 0 Å². The molecule has 4 nitrogen and oxygen atoms in total. The molecule has 1 aliphatic heterocycles. The third kappa shape index (κ3) is 2.49. The van der Waals surface area contributed by atoms with E-state index in [1.165, 1.54) is 5.56 Å². The van der Waals surface area contributed by atoms with Crippen molar-refractivity contribution in [1.29, 1.82) is 0 Å². The van der Waals surface area contributed by atoms with Gasteiger partial charge in [0.15, 0.2) is 0 Å². The lowest BCUT2D eigenvalue weighted by atomic mass is 10.1. The molecule has 2 heterocycles. The maximum atomic E-state index is 12.1. The molecule has 1 fully saturated rings. The minimum atomic E-state index is -0.0246. The number of hydrogen-bond donors (Lipinski definition) is 1. The lowest BCUT2D eigenvalue weighted by Crippen LogP contribution is -2.26. The molecular formula is C15H18N2O2. The standard InChI is InChI=1S/C15H18N2O2/c1-11-3-2-4-12(9-11)14-10-17(15(18)16-14)13-5-7-19-8-6-13/h2-4,9-10,13H,5-8H2,1H3,(H,16,18). The van der Waals surface area contributed by atoms with Gasteiger partial charge in [0.1, 0.15) is 0 Å². The molecule has 1 aromatic carbocycles. The van der Waals surface area contributed by atoms with Crippen molar-refractivity contribution in [3.63, 3.8) is 0 Å². The molecule has 0 aliphatic carbocycles. The first-order valence-corrected chi connectivity index (χ1v) is 6.70. The van der Waals surface area contributed by atoms with Crippen LogP contribution < -0.4 is 5.69 Å². The van der Waals surface area contributed by atoms with Crippen LogP contribution in [0.2, 0.25) is 0 Å². The van der Waals surface area contributed by atoms with Crippen molar-refractivity contribution in [3.8, 4) is 11.3 Å². The monoisotopic (exact) mass is 258 g/mol. The van der Waals surface area contributed by atoms with Crippen LogP contribution in [0.1, 0.15) is 24.4 Å². The molecule has 0 radical (unpaired) electrons. The maximum Gasteiger partial charge on any atom is 0.326 e. The highest BCUT2D eigenvalue weighted by atomic mass is 16.5. The second kappa shape index (κ2) is 5.05. The van der Waals surface area contributed by atoms with Crippen molar-refractivity contribution in [2.75, 3.05) is 13.2 Å². The number of imidazole rings is 1. The van der Waals surface area contributed by atoms with Gasteiger partial charge in [-0.3, -0.25) is 4.57 Å². The third-order valence-corrected chi connectivity index (χ3v) is 3.66. The van der Waals surface area contributed by atoms with E-state index in [0.717, 1.165) is 37.3 Å². The molecule has 1 aliphatic rings. The van der Waals surface area contributed by atoms with Gasteiger partial charge in [-0.05, 0) is 31.4 Å². The fraction of sp³-hybridized carbons (Fsp3) is 0.400. The zero-order valence-corrected chi connectivity index (χ0v) is 11.1. The number of hydrogen-bond acceptors (Lipinski definition) is 2. The Morgan fingerprint density at radius 1 is 1.32 bits per heavy atom. The zero-order chi connectivity index (χ0) is 13.2. The first-order chi connectivity index (χ1) is 9.24. The molecule has 0 atom stereocenters. The van der Waals surface area contributed by atoms with Crippen LogP contribution in [0.4, 0.5) is 0 Å². The molecule has 0 bridgehead atoms. The lowest BCUT2D eigenvalue weighted by molar-refractivity contribution is 0.0687. The summed E-state index contributed by atoms with van der Waals surface area (Å²) in [5, 5.41) is 0. The van der Waals surface area contributed by atoms with Gasteiger partial charge < -0.3 is 9.72 Å². The van der Waals surface area contributed by atoms with Crippen molar-refractivity contribution in [1.82, 2.24) is 9.55 Å². The zero-order valence-electron chi connectivity index (χ0n) is 11.1. The number of benzene rings is 1. The molecule has 100 valence electrons. The van der Waals surface area contributed by atoms with Crippen molar-refractivity contribution in [2.24, 2.45) is 0 Å². The summed E-state index contributed by atoms with van der Waals surface area (Å²) in [6, 6.07) is 8.42. The van der Waals surface area contributed by atoms with Crippen molar-refractivity contribution >= 4 is 0 Å². The Bertz CT molecular complexity index is 621.